The average molecular weight is 273 g/mol. The summed E-state index contributed by atoms with van der Waals surface area (Å²) < 4.78 is 5.41. The van der Waals surface area contributed by atoms with Gasteiger partial charge in [-0.15, -0.1) is 0 Å². The van der Waals surface area contributed by atoms with Crippen LogP contribution in [-0.4, -0.2) is 26.7 Å². The van der Waals surface area contributed by atoms with E-state index in [0.717, 1.165) is 18.9 Å². The summed E-state index contributed by atoms with van der Waals surface area (Å²) >= 11 is 0. The molecule has 0 radical (unpaired) electrons. The smallest absolute Gasteiger partial charge is 0.244 e. The number of aryl methyl sites for hydroxylation is 1. The number of hydrogen-bond acceptors (Lipinski definition) is 6. The maximum Gasteiger partial charge on any atom is 0.244 e. The first-order chi connectivity index (χ1) is 9.76. The normalized spacial score (nSPS) is 22.9. The molecule has 0 amide bonds. The van der Waals surface area contributed by atoms with Gasteiger partial charge >= 0.3 is 0 Å². The quantitative estimate of drug-likeness (QED) is 0.924. The number of rotatable bonds is 3. The zero-order chi connectivity index (χ0) is 13.9. The number of nitrogens with zero attached hydrogens (tertiary/aromatic N) is 4. The molecule has 6 heteroatoms. The molecule has 1 saturated heterocycles. The fourth-order valence-electron chi connectivity index (χ4n) is 2.62. The van der Waals surface area contributed by atoms with E-state index in [1.165, 1.54) is 12.8 Å². The summed E-state index contributed by atoms with van der Waals surface area (Å²) in [5.41, 5.74) is 0.704. The van der Waals surface area contributed by atoms with Gasteiger partial charge in [0.25, 0.3) is 0 Å². The molecular formula is C14H19N5O. The van der Waals surface area contributed by atoms with E-state index in [-0.39, 0.29) is 6.04 Å². The molecule has 2 aromatic rings. The molecule has 0 bridgehead atoms. The second-order valence-corrected chi connectivity index (χ2v) is 5.25. The molecule has 6 nitrogen and oxygen atoms in total. The SMILES string of the molecule is CCC1CCNC(c2nc(-c3ccnc(C)n3)no2)C1. The molecule has 1 fully saturated rings. The standard InChI is InChI=1S/C14H19N5O/c1-3-10-4-6-16-12(8-10)14-18-13(19-20-14)11-5-7-15-9(2)17-11/h5,7,10,12,16H,3-4,6,8H2,1-2H3. The van der Waals surface area contributed by atoms with Crippen molar-refractivity contribution in [1.29, 1.82) is 0 Å². The van der Waals surface area contributed by atoms with E-state index < -0.39 is 0 Å². The monoisotopic (exact) mass is 273 g/mol. The van der Waals surface area contributed by atoms with E-state index in [1.54, 1.807) is 12.3 Å². The molecule has 0 aliphatic carbocycles. The van der Waals surface area contributed by atoms with Gasteiger partial charge in [0.05, 0.1) is 6.04 Å². The minimum atomic E-state index is 0.165. The molecule has 20 heavy (non-hydrogen) atoms. The molecule has 1 aliphatic rings. The lowest BCUT2D eigenvalue weighted by molar-refractivity contribution is 0.246. The van der Waals surface area contributed by atoms with Crippen LogP contribution in [-0.2, 0) is 0 Å². The number of piperidine rings is 1. The van der Waals surface area contributed by atoms with Crippen LogP contribution in [0.15, 0.2) is 16.8 Å². The number of aromatic nitrogens is 4. The summed E-state index contributed by atoms with van der Waals surface area (Å²) in [7, 11) is 0. The highest BCUT2D eigenvalue weighted by Gasteiger charge is 2.26. The van der Waals surface area contributed by atoms with Crippen molar-refractivity contribution in [1.82, 2.24) is 25.4 Å². The van der Waals surface area contributed by atoms with Gasteiger partial charge in [-0.3, -0.25) is 0 Å². The Balaban J connectivity index is 1.80. The maximum absolute atomic E-state index is 5.41. The van der Waals surface area contributed by atoms with Crippen molar-refractivity contribution < 1.29 is 4.52 Å². The van der Waals surface area contributed by atoms with Crippen LogP contribution in [0.4, 0.5) is 0 Å². The third kappa shape index (κ3) is 2.70. The highest BCUT2D eigenvalue weighted by Crippen LogP contribution is 2.28. The maximum atomic E-state index is 5.41. The van der Waals surface area contributed by atoms with Crippen molar-refractivity contribution >= 4 is 0 Å². The topological polar surface area (TPSA) is 76.7 Å². The van der Waals surface area contributed by atoms with Crippen LogP contribution in [0.2, 0.25) is 0 Å². The molecule has 106 valence electrons. The van der Waals surface area contributed by atoms with Gasteiger partial charge in [-0.25, -0.2) is 9.97 Å². The molecule has 0 spiro atoms. The summed E-state index contributed by atoms with van der Waals surface area (Å²) in [6.45, 7) is 5.09. The van der Waals surface area contributed by atoms with E-state index in [9.17, 15) is 0 Å². The fraction of sp³-hybridized carbons (Fsp3) is 0.571. The van der Waals surface area contributed by atoms with Gasteiger partial charge in [0, 0.05) is 6.20 Å². The van der Waals surface area contributed by atoms with E-state index in [4.69, 9.17) is 4.52 Å². The Morgan fingerprint density at radius 2 is 2.30 bits per heavy atom. The molecule has 0 saturated carbocycles. The Labute approximate surface area is 118 Å². The third-order valence-electron chi connectivity index (χ3n) is 3.83. The van der Waals surface area contributed by atoms with Crippen LogP contribution in [0.1, 0.15) is 43.9 Å². The van der Waals surface area contributed by atoms with Gasteiger partial charge in [0.2, 0.25) is 11.7 Å². The molecular weight excluding hydrogens is 254 g/mol. The molecule has 1 N–H and O–H groups in total. The molecule has 2 atom stereocenters. The van der Waals surface area contributed by atoms with Crippen LogP contribution >= 0.6 is 0 Å². The summed E-state index contributed by atoms with van der Waals surface area (Å²) in [5, 5.41) is 7.48. The van der Waals surface area contributed by atoms with E-state index in [2.05, 4.69) is 32.3 Å². The molecule has 1 aliphatic heterocycles. The minimum absolute atomic E-state index is 0.165. The zero-order valence-corrected chi connectivity index (χ0v) is 11.8. The zero-order valence-electron chi connectivity index (χ0n) is 11.8. The largest absolute Gasteiger partial charge is 0.337 e. The van der Waals surface area contributed by atoms with E-state index in [1.807, 2.05) is 6.92 Å². The molecule has 3 rings (SSSR count). The summed E-state index contributed by atoms with van der Waals surface area (Å²) in [4.78, 5) is 12.9. The van der Waals surface area contributed by atoms with Gasteiger partial charge < -0.3 is 9.84 Å². The van der Waals surface area contributed by atoms with Crippen molar-refractivity contribution in [3.8, 4) is 11.5 Å². The van der Waals surface area contributed by atoms with Crippen molar-refractivity contribution in [2.75, 3.05) is 6.54 Å². The summed E-state index contributed by atoms with van der Waals surface area (Å²) in [5.74, 6) is 2.63. The molecule has 0 aromatic carbocycles. The third-order valence-corrected chi connectivity index (χ3v) is 3.83. The first kappa shape index (κ1) is 13.2. The Morgan fingerprint density at radius 3 is 3.10 bits per heavy atom. The summed E-state index contributed by atoms with van der Waals surface area (Å²) in [6.07, 6.45) is 5.18. The highest BCUT2D eigenvalue weighted by molar-refractivity contribution is 5.47. The predicted octanol–water partition coefficient (Wildman–Crippen LogP) is 2.29. The molecule has 2 unspecified atom stereocenters. The van der Waals surface area contributed by atoms with Gasteiger partial charge in [0.1, 0.15) is 11.5 Å². The van der Waals surface area contributed by atoms with Crippen molar-refractivity contribution in [2.24, 2.45) is 5.92 Å². The molecule has 3 heterocycles. The van der Waals surface area contributed by atoms with Crippen LogP contribution in [0, 0.1) is 12.8 Å². The lowest BCUT2D eigenvalue weighted by Gasteiger charge is -2.27. The van der Waals surface area contributed by atoms with E-state index in [0.29, 0.717) is 23.2 Å². The van der Waals surface area contributed by atoms with Crippen molar-refractivity contribution in [3.05, 3.63) is 24.0 Å². The number of nitrogens with one attached hydrogen (secondary N) is 1. The van der Waals surface area contributed by atoms with Crippen molar-refractivity contribution in [2.45, 2.75) is 39.2 Å². The fourth-order valence-corrected chi connectivity index (χ4v) is 2.62. The first-order valence-electron chi connectivity index (χ1n) is 7.13. The second kappa shape index (κ2) is 5.66. The lowest BCUT2D eigenvalue weighted by Crippen LogP contribution is -2.31. The van der Waals surface area contributed by atoms with Crippen LogP contribution in [0.5, 0.6) is 0 Å². The van der Waals surface area contributed by atoms with Gasteiger partial charge in [0.15, 0.2) is 0 Å². The van der Waals surface area contributed by atoms with Crippen molar-refractivity contribution in [3.63, 3.8) is 0 Å². The average Bonchev–Trinajstić information content (AvgIpc) is 2.97. The van der Waals surface area contributed by atoms with Crippen LogP contribution in [0.25, 0.3) is 11.5 Å². The summed E-state index contributed by atoms with van der Waals surface area (Å²) in [6, 6.07) is 1.96. The molecule has 2 aromatic heterocycles. The Morgan fingerprint density at radius 1 is 1.40 bits per heavy atom. The number of hydrogen-bond donors (Lipinski definition) is 1. The van der Waals surface area contributed by atoms with Crippen LogP contribution < -0.4 is 5.32 Å². The lowest BCUT2D eigenvalue weighted by atomic mass is 9.90. The van der Waals surface area contributed by atoms with Crippen LogP contribution in [0.3, 0.4) is 0 Å². The Kier molecular flexibility index (Phi) is 3.73. The predicted molar refractivity (Wildman–Crippen MR) is 73.8 cm³/mol. The first-order valence-corrected chi connectivity index (χ1v) is 7.13. The Bertz CT molecular complexity index is 582. The van der Waals surface area contributed by atoms with Gasteiger partial charge in [-0.1, -0.05) is 18.5 Å². The minimum Gasteiger partial charge on any atom is -0.337 e. The Hall–Kier alpha value is -1.82. The highest BCUT2D eigenvalue weighted by atomic mass is 16.5. The second-order valence-electron chi connectivity index (χ2n) is 5.25. The van der Waals surface area contributed by atoms with Gasteiger partial charge in [-0.2, -0.15) is 4.98 Å². The van der Waals surface area contributed by atoms with Gasteiger partial charge in [-0.05, 0) is 38.3 Å². The van der Waals surface area contributed by atoms with E-state index >= 15 is 0 Å².